The first-order valence-corrected chi connectivity index (χ1v) is 5.07. The maximum Gasteiger partial charge on any atom is 0.219 e. The van der Waals surface area contributed by atoms with Crippen LogP contribution in [0.1, 0.15) is 31.9 Å². The van der Waals surface area contributed by atoms with Crippen LogP contribution in [0.15, 0.2) is 18.3 Å². The van der Waals surface area contributed by atoms with Crippen LogP contribution in [0.2, 0.25) is 0 Å². The molecular weight excluding hydrogens is 190 g/mol. The summed E-state index contributed by atoms with van der Waals surface area (Å²) in [6.07, 6.45) is 2.11. The van der Waals surface area contributed by atoms with E-state index in [0.717, 1.165) is 11.4 Å². The third-order valence-corrected chi connectivity index (χ3v) is 2.08. The van der Waals surface area contributed by atoms with Crippen molar-refractivity contribution in [2.45, 2.75) is 26.2 Å². The van der Waals surface area contributed by atoms with Crippen molar-refractivity contribution in [3.05, 3.63) is 24.0 Å². The first kappa shape index (κ1) is 11.5. The number of rotatable bonds is 5. The molecule has 0 aliphatic rings. The molecule has 0 saturated heterocycles. The summed E-state index contributed by atoms with van der Waals surface area (Å²) >= 11 is 0. The summed E-state index contributed by atoms with van der Waals surface area (Å²) in [4.78, 5) is 14.8. The minimum Gasteiger partial charge on any atom is -0.383 e. The molecule has 1 amide bonds. The van der Waals surface area contributed by atoms with E-state index >= 15 is 0 Å². The van der Waals surface area contributed by atoms with Gasteiger partial charge < -0.3 is 11.1 Å². The van der Waals surface area contributed by atoms with Crippen LogP contribution in [-0.4, -0.2) is 17.4 Å². The van der Waals surface area contributed by atoms with Gasteiger partial charge in [0.25, 0.3) is 0 Å². The molecule has 4 nitrogen and oxygen atoms in total. The zero-order valence-corrected chi connectivity index (χ0v) is 9.16. The smallest absolute Gasteiger partial charge is 0.219 e. The molecule has 1 rings (SSSR count). The van der Waals surface area contributed by atoms with Crippen LogP contribution in [-0.2, 0) is 4.79 Å². The molecule has 1 heterocycles. The number of primary amides is 1. The van der Waals surface area contributed by atoms with Crippen molar-refractivity contribution in [2.24, 2.45) is 5.73 Å². The molecule has 1 aromatic rings. The van der Waals surface area contributed by atoms with E-state index in [0.29, 0.717) is 18.9 Å². The molecule has 1 aromatic heterocycles. The summed E-state index contributed by atoms with van der Waals surface area (Å²) in [7, 11) is 0. The molecule has 0 aliphatic heterocycles. The summed E-state index contributed by atoms with van der Waals surface area (Å²) in [5.41, 5.74) is 7.01. The lowest BCUT2D eigenvalue weighted by molar-refractivity contribution is -0.117. The highest BCUT2D eigenvalue weighted by Crippen LogP contribution is 2.13. The van der Waals surface area contributed by atoms with E-state index in [-0.39, 0.29) is 5.91 Å². The van der Waals surface area contributed by atoms with Gasteiger partial charge >= 0.3 is 0 Å². The summed E-state index contributed by atoms with van der Waals surface area (Å²) in [5.74, 6) is 0.138. The standard InChI is InChI=1S/C11H17N3O/c1-8(2)10-4-3-9(7-14-10)13-6-5-11(12)15/h3-4,7-8,13H,5-6H2,1-2H3,(H2,12,15). The van der Waals surface area contributed by atoms with Crippen LogP contribution >= 0.6 is 0 Å². The Kier molecular flexibility index (Phi) is 4.09. The lowest BCUT2D eigenvalue weighted by Crippen LogP contribution is -2.15. The summed E-state index contributed by atoms with van der Waals surface area (Å²) in [6.45, 7) is 4.75. The van der Waals surface area contributed by atoms with E-state index in [1.807, 2.05) is 12.1 Å². The lowest BCUT2D eigenvalue weighted by atomic mass is 10.1. The highest BCUT2D eigenvalue weighted by atomic mass is 16.1. The predicted octanol–water partition coefficient (Wildman–Crippen LogP) is 1.49. The topological polar surface area (TPSA) is 68.0 Å². The van der Waals surface area contributed by atoms with E-state index in [4.69, 9.17) is 5.73 Å². The molecule has 0 bridgehead atoms. The highest BCUT2D eigenvalue weighted by molar-refractivity contribution is 5.74. The van der Waals surface area contributed by atoms with Gasteiger partial charge in [-0.25, -0.2) is 0 Å². The second kappa shape index (κ2) is 5.34. The number of nitrogens with one attached hydrogen (secondary N) is 1. The minimum absolute atomic E-state index is 0.297. The van der Waals surface area contributed by atoms with Crippen molar-refractivity contribution >= 4 is 11.6 Å². The van der Waals surface area contributed by atoms with Crippen LogP contribution in [0.4, 0.5) is 5.69 Å². The zero-order valence-electron chi connectivity index (χ0n) is 9.16. The first-order chi connectivity index (χ1) is 7.09. The first-order valence-electron chi connectivity index (χ1n) is 5.07. The van der Waals surface area contributed by atoms with Crippen LogP contribution in [0.5, 0.6) is 0 Å². The Hall–Kier alpha value is -1.58. The largest absolute Gasteiger partial charge is 0.383 e. The normalized spacial score (nSPS) is 10.3. The number of anilines is 1. The van der Waals surface area contributed by atoms with Crippen molar-refractivity contribution in [1.82, 2.24) is 4.98 Å². The molecule has 0 atom stereocenters. The zero-order chi connectivity index (χ0) is 11.3. The van der Waals surface area contributed by atoms with Gasteiger partial charge in [0.15, 0.2) is 0 Å². The van der Waals surface area contributed by atoms with E-state index < -0.39 is 0 Å². The summed E-state index contributed by atoms with van der Waals surface area (Å²) < 4.78 is 0. The molecule has 4 heteroatoms. The SMILES string of the molecule is CC(C)c1ccc(NCCC(N)=O)cn1. The number of carbonyl (C=O) groups is 1. The molecule has 0 aromatic carbocycles. The van der Waals surface area contributed by atoms with Gasteiger partial charge in [-0.15, -0.1) is 0 Å². The molecule has 82 valence electrons. The number of nitrogens with two attached hydrogens (primary N) is 1. The van der Waals surface area contributed by atoms with Crippen LogP contribution in [0.25, 0.3) is 0 Å². The Labute approximate surface area is 89.9 Å². The Morgan fingerprint density at radius 2 is 2.27 bits per heavy atom. The molecular formula is C11H17N3O. The second-order valence-electron chi connectivity index (χ2n) is 3.77. The molecule has 0 fully saturated rings. The third-order valence-electron chi connectivity index (χ3n) is 2.08. The van der Waals surface area contributed by atoms with E-state index in [9.17, 15) is 4.79 Å². The second-order valence-corrected chi connectivity index (χ2v) is 3.77. The number of hydrogen-bond donors (Lipinski definition) is 2. The molecule has 0 radical (unpaired) electrons. The number of pyridine rings is 1. The van der Waals surface area contributed by atoms with Crippen LogP contribution in [0, 0.1) is 0 Å². The molecule has 15 heavy (non-hydrogen) atoms. The Bertz CT molecular complexity index is 319. The van der Waals surface area contributed by atoms with Gasteiger partial charge in [0.05, 0.1) is 11.9 Å². The van der Waals surface area contributed by atoms with Gasteiger partial charge in [0, 0.05) is 18.7 Å². The molecule has 0 unspecified atom stereocenters. The maximum absolute atomic E-state index is 10.5. The predicted molar refractivity (Wildman–Crippen MR) is 60.6 cm³/mol. The third kappa shape index (κ3) is 3.97. The quantitative estimate of drug-likeness (QED) is 0.768. The van der Waals surface area contributed by atoms with E-state index in [1.54, 1.807) is 6.20 Å². The van der Waals surface area contributed by atoms with Crippen molar-refractivity contribution in [2.75, 3.05) is 11.9 Å². The Balaban J connectivity index is 2.46. The number of hydrogen-bond acceptors (Lipinski definition) is 3. The molecule has 0 saturated carbocycles. The van der Waals surface area contributed by atoms with Crippen molar-refractivity contribution in [3.63, 3.8) is 0 Å². The maximum atomic E-state index is 10.5. The minimum atomic E-state index is -0.297. The lowest BCUT2D eigenvalue weighted by Gasteiger charge is -2.07. The van der Waals surface area contributed by atoms with Gasteiger partial charge in [-0.05, 0) is 18.1 Å². The fraction of sp³-hybridized carbons (Fsp3) is 0.455. The molecule has 3 N–H and O–H groups in total. The fourth-order valence-corrected chi connectivity index (χ4v) is 1.18. The molecule has 0 aliphatic carbocycles. The summed E-state index contributed by atoms with van der Waals surface area (Å²) in [5, 5.41) is 3.08. The number of nitrogens with zero attached hydrogens (tertiary/aromatic N) is 1. The number of aromatic nitrogens is 1. The Morgan fingerprint density at radius 3 is 2.73 bits per heavy atom. The Morgan fingerprint density at radius 1 is 1.53 bits per heavy atom. The van der Waals surface area contributed by atoms with Gasteiger partial charge in [-0.2, -0.15) is 0 Å². The van der Waals surface area contributed by atoms with Crippen LogP contribution < -0.4 is 11.1 Å². The van der Waals surface area contributed by atoms with E-state index in [1.165, 1.54) is 0 Å². The number of amides is 1. The number of carbonyl (C=O) groups excluding carboxylic acids is 1. The monoisotopic (exact) mass is 207 g/mol. The van der Waals surface area contributed by atoms with Crippen LogP contribution in [0.3, 0.4) is 0 Å². The van der Waals surface area contributed by atoms with Gasteiger partial charge in [0.2, 0.25) is 5.91 Å². The van der Waals surface area contributed by atoms with Gasteiger partial charge in [0.1, 0.15) is 0 Å². The molecule has 0 spiro atoms. The van der Waals surface area contributed by atoms with Gasteiger partial charge in [-0.1, -0.05) is 13.8 Å². The van der Waals surface area contributed by atoms with Crippen molar-refractivity contribution < 1.29 is 4.79 Å². The highest BCUT2D eigenvalue weighted by Gasteiger charge is 2.00. The average Bonchev–Trinajstić information content (AvgIpc) is 2.18. The van der Waals surface area contributed by atoms with Crippen molar-refractivity contribution in [3.8, 4) is 0 Å². The fourth-order valence-electron chi connectivity index (χ4n) is 1.18. The van der Waals surface area contributed by atoms with E-state index in [2.05, 4.69) is 24.1 Å². The van der Waals surface area contributed by atoms with Crippen molar-refractivity contribution in [1.29, 1.82) is 0 Å². The average molecular weight is 207 g/mol. The van der Waals surface area contributed by atoms with Gasteiger partial charge in [-0.3, -0.25) is 9.78 Å². The summed E-state index contributed by atoms with van der Waals surface area (Å²) in [6, 6.07) is 3.95.